The van der Waals surface area contributed by atoms with Gasteiger partial charge in [-0.3, -0.25) is 0 Å². The highest BCUT2D eigenvalue weighted by Crippen LogP contribution is 2.34. The van der Waals surface area contributed by atoms with Gasteiger partial charge in [-0.15, -0.1) is 0 Å². The zero-order valence-corrected chi connectivity index (χ0v) is 8.59. The SMILES string of the molecule is CC(C)C1=CCC2CC=CCC2=C1. The van der Waals surface area contributed by atoms with E-state index in [1.807, 2.05) is 0 Å². The van der Waals surface area contributed by atoms with E-state index < -0.39 is 0 Å². The molecule has 2 rings (SSSR count). The molecular weight excluding hydrogens is 156 g/mol. The van der Waals surface area contributed by atoms with Crippen molar-refractivity contribution >= 4 is 0 Å². The molecule has 13 heavy (non-hydrogen) atoms. The van der Waals surface area contributed by atoms with Gasteiger partial charge in [0.25, 0.3) is 0 Å². The van der Waals surface area contributed by atoms with Gasteiger partial charge in [-0.1, -0.05) is 43.7 Å². The second-order valence-corrected chi connectivity index (χ2v) is 4.42. The average Bonchev–Trinajstić information content (AvgIpc) is 2.17. The minimum absolute atomic E-state index is 0.694. The van der Waals surface area contributed by atoms with Crippen LogP contribution in [0.3, 0.4) is 0 Å². The second kappa shape index (κ2) is 3.53. The maximum absolute atomic E-state index is 2.43. The van der Waals surface area contributed by atoms with E-state index in [9.17, 15) is 0 Å². The second-order valence-electron chi connectivity index (χ2n) is 4.42. The molecule has 0 fully saturated rings. The van der Waals surface area contributed by atoms with Crippen LogP contribution in [-0.4, -0.2) is 0 Å². The molecule has 0 heteroatoms. The highest BCUT2D eigenvalue weighted by molar-refractivity contribution is 5.33. The summed E-state index contributed by atoms with van der Waals surface area (Å²) in [6.45, 7) is 4.56. The molecule has 0 aromatic carbocycles. The predicted molar refractivity (Wildman–Crippen MR) is 57.5 cm³/mol. The van der Waals surface area contributed by atoms with Crippen molar-refractivity contribution in [1.82, 2.24) is 0 Å². The Morgan fingerprint density at radius 2 is 2.08 bits per heavy atom. The van der Waals surface area contributed by atoms with Gasteiger partial charge in [0.15, 0.2) is 0 Å². The van der Waals surface area contributed by atoms with Crippen molar-refractivity contribution < 1.29 is 0 Å². The molecule has 2 aliphatic rings. The Balaban J connectivity index is 2.19. The molecule has 0 nitrogen and oxygen atoms in total. The summed E-state index contributed by atoms with van der Waals surface area (Å²) in [5.41, 5.74) is 3.20. The normalized spacial score (nSPS) is 26.8. The molecule has 0 N–H and O–H groups in total. The monoisotopic (exact) mass is 174 g/mol. The minimum Gasteiger partial charge on any atom is -0.0876 e. The van der Waals surface area contributed by atoms with Gasteiger partial charge in [0, 0.05) is 0 Å². The fraction of sp³-hybridized carbons (Fsp3) is 0.538. The van der Waals surface area contributed by atoms with Crippen molar-refractivity contribution in [1.29, 1.82) is 0 Å². The van der Waals surface area contributed by atoms with Crippen molar-refractivity contribution in [2.24, 2.45) is 11.8 Å². The van der Waals surface area contributed by atoms with Crippen LogP contribution in [0, 0.1) is 11.8 Å². The molecule has 1 atom stereocenters. The van der Waals surface area contributed by atoms with E-state index in [-0.39, 0.29) is 0 Å². The first-order valence-corrected chi connectivity index (χ1v) is 5.33. The van der Waals surface area contributed by atoms with E-state index in [4.69, 9.17) is 0 Å². The largest absolute Gasteiger partial charge is 0.0876 e. The molecule has 2 aliphatic carbocycles. The van der Waals surface area contributed by atoms with Crippen LogP contribution in [0.15, 0.2) is 35.5 Å². The van der Waals surface area contributed by atoms with Crippen molar-refractivity contribution in [3.63, 3.8) is 0 Å². The van der Waals surface area contributed by atoms with Gasteiger partial charge in [0.1, 0.15) is 0 Å². The van der Waals surface area contributed by atoms with Crippen molar-refractivity contribution in [3.05, 3.63) is 35.5 Å². The standard InChI is InChI=1S/C13H18/c1-10(2)12-8-7-11-5-3-4-6-13(11)9-12/h3-4,8-11H,5-7H2,1-2H3. The summed E-state index contributed by atoms with van der Waals surface area (Å²) >= 11 is 0. The Hall–Kier alpha value is -0.780. The Bertz CT molecular complexity index is 276. The Kier molecular flexibility index (Phi) is 2.39. The van der Waals surface area contributed by atoms with Gasteiger partial charge in [-0.25, -0.2) is 0 Å². The lowest BCUT2D eigenvalue weighted by Gasteiger charge is -2.26. The van der Waals surface area contributed by atoms with Gasteiger partial charge in [-0.05, 0) is 36.7 Å². The van der Waals surface area contributed by atoms with E-state index in [0.29, 0.717) is 5.92 Å². The van der Waals surface area contributed by atoms with Crippen molar-refractivity contribution in [3.8, 4) is 0 Å². The van der Waals surface area contributed by atoms with Crippen molar-refractivity contribution in [2.45, 2.75) is 33.1 Å². The van der Waals surface area contributed by atoms with Crippen LogP contribution in [0.5, 0.6) is 0 Å². The Morgan fingerprint density at radius 3 is 2.85 bits per heavy atom. The van der Waals surface area contributed by atoms with E-state index in [0.717, 1.165) is 5.92 Å². The maximum Gasteiger partial charge on any atom is -0.0128 e. The smallest absolute Gasteiger partial charge is 0.0128 e. The zero-order chi connectivity index (χ0) is 9.26. The predicted octanol–water partition coefficient (Wildman–Crippen LogP) is 3.87. The first kappa shape index (κ1) is 8.80. The molecule has 0 saturated carbocycles. The summed E-state index contributed by atoms with van der Waals surface area (Å²) < 4.78 is 0. The maximum atomic E-state index is 2.43. The fourth-order valence-electron chi connectivity index (χ4n) is 2.18. The van der Waals surface area contributed by atoms with Crippen molar-refractivity contribution in [2.75, 3.05) is 0 Å². The molecule has 0 aliphatic heterocycles. The number of hydrogen-bond donors (Lipinski definition) is 0. The van der Waals surface area contributed by atoms with Gasteiger partial charge in [-0.2, -0.15) is 0 Å². The van der Waals surface area contributed by atoms with Gasteiger partial charge in [0.05, 0.1) is 0 Å². The molecule has 0 amide bonds. The van der Waals surface area contributed by atoms with E-state index in [2.05, 4.69) is 38.2 Å². The quantitative estimate of drug-likeness (QED) is 0.529. The molecule has 70 valence electrons. The molecule has 0 spiro atoms. The zero-order valence-electron chi connectivity index (χ0n) is 8.59. The van der Waals surface area contributed by atoms with Crippen LogP contribution in [0.25, 0.3) is 0 Å². The van der Waals surface area contributed by atoms with E-state index in [1.165, 1.54) is 19.3 Å². The fourth-order valence-corrected chi connectivity index (χ4v) is 2.18. The molecule has 0 aromatic heterocycles. The van der Waals surface area contributed by atoms with Crippen LogP contribution in [0.4, 0.5) is 0 Å². The summed E-state index contributed by atoms with van der Waals surface area (Å²) in [5.74, 6) is 1.52. The third-order valence-corrected chi connectivity index (χ3v) is 3.12. The number of rotatable bonds is 1. The molecular formula is C13H18. The topological polar surface area (TPSA) is 0 Å². The third kappa shape index (κ3) is 1.77. The lowest BCUT2D eigenvalue weighted by molar-refractivity contribution is 0.584. The average molecular weight is 174 g/mol. The van der Waals surface area contributed by atoms with E-state index >= 15 is 0 Å². The summed E-state index contributed by atoms with van der Waals surface area (Å²) in [6.07, 6.45) is 13.2. The Labute approximate surface area is 81.0 Å². The van der Waals surface area contributed by atoms with Crippen LogP contribution in [-0.2, 0) is 0 Å². The van der Waals surface area contributed by atoms with Gasteiger partial charge < -0.3 is 0 Å². The lowest BCUT2D eigenvalue weighted by Crippen LogP contribution is -2.11. The molecule has 0 bridgehead atoms. The summed E-state index contributed by atoms with van der Waals surface area (Å²) in [4.78, 5) is 0. The number of fused-ring (bicyclic) bond motifs is 1. The summed E-state index contributed by atoms with van der Waals surface area (Å²) in [6, 6.07) is 0. The van der Waals surface area contributed by atoms with Gasteiger partial charge >= 0.3 is 0 Å². The molecule has 0 aromatic rings. The Morgan fingerprint density at radius 1 is 1.23 bits per heavy atom. The van der Waals surface area contributed by atoms with Crippen LogP contribution >= 0.6 is 0 Å². The van der Waals surface area contributed by atoms with Gasteiger partial charge in [0.2, 0.25) is 0 Å². The number of hydrogen-bond acceptors (Lipinski definition) is 0. The summed E-state index contributed by atoms with van der Waals surface area (Å²) in [5, 5.41) is 0. The minimum atomic E-state index is 0.694. The summed E-state index contributed by atoms with van der Waals surface area (Å²) in [7, 11) is 0. The highest BCUT2D eigenvalue weighted by atomic mass is 14.2. The van der Waals surface area contributed by atoms with E-state index in [1.54, 1.807) is 11.1 Å². The third-order valence-electron chi connectivity index (χ3n) is 3.12. The molecule has 1 unspecified atom stereocenters. The number of allylic oxidation sites excluding steroid dienone is 6. The van der Waals surface area contributed by atoms with Crippen LogP contribution < -0.4 is 0 Å². The van der Waals surface area contributed by atoms with Crippen LogP contribution in [0.2, 0.25) is 0 Å². The first-order chi connectivity index (χ1) is 6.27. The lowest BCUT2D eigenvalue weighted by atomic mass is 9.79. The highest BCUT2D eigenvalue weighted by Gasteiger charge is 2.18. The molecule has 0 heterocycles. The first-order valence-electron chi connectivity index (χ1n) is 5.33. The molecule has 0 saturated heterocycles. The van der Waals surface area contributed by atoms with Crippen LogP contribution in [0.1, 0.15) is 33.1 Å². The molecule has 0 radical (unpaired) electrons.